The molecular formula is C6H4O4. The average Bonchev–Trinajstić information content (AvgIpc) is 2.13. The van der Waals surface area contributed by atoms with Crippen LogP contribution in [0.25, 0.3) is 0 Å². The van der Waals surface area contributed by atoms with Crippen LogP contribution >= 0.6 is 0 Å². The summed E-state index contributed by atoms with van der Waals surface area (Å²) < 4.78 is 4.40. The van der Waals surface area contributed by atoms with Crippen molar-refractivity contribution in [2.24, 2.45) is 0 Å². The van der Waals surface area contributed by atoms with Gasteiger partial charge in [-0.25, -0.2) is 9.59 Å². The Morgan fingerprint density at radius 2 is 2.30 bits per heavy atom. The monoisotopic (exact) mass is 140 g/mol. The van der Waals surface area contributed by atoms with Crippen LogP contribution in [-0.4, -0.2) is 17.0 Å². The van der Waals surface area contributed by atoms with Crippen LogP contribution in [0.3, 0.4) is 0 Å². The highest BCUT2D eigenvalue weighted by Crippen LogP contribution is 2.07. The predicted octanol–water partition coefficient (Wildman–Crippen LogP) is 0.0679. The largest absolute Gasteiger partial charge is 0.478 e. The second kappa shape index (κ2) is 2.34. The summed E-state index contributed by atoms with van der Waals surface area (Å²) in [5.74, 6) is -1.60. The molecule has 0 aromatic carbocycles. The molecule has 1 aliphatic rings. The van der Waals surface area contributed by atoms with E-state index in [0.29, 0.717) is 0 Å². The molecule has 0 fully saturated rings. The van der Waals surface area contributed by atoms with Gasteiger partial charge in [0.05, 0.1) is 6.08 Å². The molecule has 1 rings (SSSR count). The lowest BCUT2D eigenvalue weighted by molar-refractivity contribution is -0.132. The van der Waals surface area contributed by atoms with Crippen LogP contribution in [0, 0.1) is 0 Å². The van der Waals surface area contributed by atoms with E-state index in [1.807, 2.05) is 0 Å². The number of hydrogen-bond donors (Lipinski definition) is 1. The van der Waals surface area contributed by atoms with Gasteiger partial charge in [-0.15, -0.1) is 0 Å². The Kier molecular flexibility index (Phi) is 1.53. The zero-order valence-corrected chi connectivity index (χ0v) is 4.90. The minimum atomic E-state index is -1.13. The van der Waals surface area contributed by atoms with Gasteiger partial charge in [-0.1, -0.05) is 0 Å². The third-order valence-electron chi connectivity index (χ3n) is 0.868. The first kappa shape index (κ1) is 6.54. The average molecular weight is 140 g/mol. The fourth-order valence-corrected chi connectivity index (χ4v) is 0.534. The Hall–Kier alpha value is -1.58. The van der Waals surface area contributed by atoms with E-state index in [0.717, 1.165) is 12.2 Å². The maximum atomic E-state index is 10.3. The standard InChI is InChI=1S/C6H4O4/c7-5(8)3-4-1-2-6(9)10-4/h1-3H,(H,7,8)/b4-3+. The van der Waals surface area contributed by atoms with Crippen molar-refractivity contribution in [3.8, 4) is 0 Å². The number of carbonyl (C=O) groups is 2. The molecule has 0 radical (unpaired) electrons. The molecule has 0 bridgehead atoms. The number of cyclic esters (lactones) is 1. The van der Waals surface area contributed by atoms with Crippen LogP contribution in [0.1, 0.15) is 0 Å². The Labute approximate surface area is 56.4 Å². The van der Waals surface area contributed by atoms with Crippen molar-refractivity contribution in [2.45, 2.75) is 0 Å². The molecule has 0 unspecified atom stereocenters. The van der Waals surface area contributed by atoms with Crippen LogP contribution in [-0.2, 0) is 14.3 Å². The zero-order valence-electron chi connectivity index (χ0n) is 4.90. The molecule has 0 saturated carbocycles. The molecule has 0 aliphatic carbocycles. The summed E-state index contributed by atoms with van der Waals surface area (Å²) >= 11 is 0. The molecule has 1 N–H and O–H groups in total. The first-order valence-corrected chi connectivity index (χ1v) is 2.53. The maximum Gasteiger partial charge on any atom is 0.336 e. The van der Waals surface area contributed by atoms with E-state index in [1.54, 1.807) is 0 Å². The number of ether oxygens (including phenoxy) is 1. The number of esters is 1. The molecule has 0 spiro atoms. The fraction of sp³-hybridized carbons (Fsp3) is 0. The summed E-state index contributed by atoms with van der Waals surface area (Å²) in [7, 11) is 0. The van der Waals surface area contributed by atoms with Crippen molar-refractivity contribution in [3.63, 3.8) is 0 Å². The van der Waals surface area contributed by atoms with E-state index in [-0.39, 0.29) is 5.76 Å². The van der Waals surface area contributed by atoms with E-state index in [9.17, 15) is 9.59 Å². The van der Waals surface area contributed by atoms with Crippen molar-refractivity contribution < 1.29 is 19.4 Å². The fourth-order valence-electron chi connectivity index (χ4n) is 0.534. The number of carboxylic acid groups (broad SMARTS) is 1. The Morgan fingerprint density at radius 1 is 1.60 bits per heavy atom. The molecule has 4 nitrogen and oxygen atoms in total. The van der Waals surface area contributed by atoms with Gasteiger partial charge in [0.1, 0.15) is 5.76 Å². The van der Waals surface area contributed by atoms with Gasteiger partial charge >= 0.3 is 11.9 Å². The summed E-state index contributed by atoms with van der Waals surface area (Å²) in [6.45, 7) is 0. The van der Waals surface area contributed by atoms with Crippen LogP contribution in [0.4, 0.5) is 0 Å². The van der Waals surface area contributed by atoms with Crippen molar-refractivity contribution in [2.75, 3.05) is 0 Å². The Balaban J connectivity index is 2.70. The molecule has 1 heterocycles. The third-order valence-corrected chi connectivity index (χ3v) is 0.868. The molecule has 0 aromatic heterocycles. The van der Waals surface area contributed by atoms with E-state index < -0.39 is 11.9 Å². The van der Waals surface area contributed by atoms with Gasteiger partial charge < -0.3 is 9.84 Å². The number of carbonyl (C=O) groups excluding carboxylic acids is 1. The molecule has 52 valence electrons. The number of carboxylic acids is 1. The lowest BCUT2D eigenvalue weighted by Crippen LogP contribution is -1.94. The van der Waals surface area contributed by atoms with Crippen LogP contribution in [0.5, 0.6) is 0 Å². The first-order chi connectivity index (χ1) is 4.68. The van der Waals surface area contributed by atoms with Gasteiger partial charge in [0, 0.05) is 6.08 Å². The molecule has 0 saturated heterocycles. The highest BCUT2D eigenvalue weighted by atomic mass is 16.5. The number of allylic oxidation sites excluding steroid dienone is 1. The van der Waals surface area contributed by atoms with Gasteiger partial charge in [0.2, 0.25) is 0 Å². The number of hydrogen-bond acceptors (Lipinski definition) is 3. The Morgan fingerprint density at radius 3 is 2.70 bits per heavy atom. The highest BCUT2D eigenvalue weighted by molar-refractivity contribution is 5.89. The van der Waals surface area contributed by atoms with Gasteiger partial charge in [-0.05, 0) is 6.08 Å². The molecule has 0 amide bonds. The lowest BCUT2D eigenvalue weighted by Gasteiger charge is -1.90. The summed E-state index contributed by atoms with van der Waals surface area (Å²) in [5, 5.41) is 8.16. The van der Waals surface area contributed by atoms with E-state index in [2.05, 4.69) is 4.74 Å². The quantitative estimate of drug-likeness (QED) is 0.413. The summed E-state index contributed by atoms with van der Waals surface area (Å²) in [4.78, 5) is 20.3. The van der Waals surface area contributed by atoms with Gasteiger partial charge in [0.25, 0.3) is 0 Å². The summed E-state index contributed by atoms with van der Waals surface area (Å²) in [6.07, 6.45) is 3.28. The van der Waals surface area contributed by atoms with Crippen LogP contribution in [0.2, 0.25) is 0 Å². The summed E-state index contributed by atoms with van der Waals surface area (Å²) in [5.41, 5.74) is 0. The summed E-state index contributed by atoms with van der Waals surface area (Å²) in [6, 6.07) is 0. The number of rotatable bonds is 1. The van der Waals surface area contributed by atoms with Crippen LogP contribution in [0.15, 0.2) is 24.0 Å². The normalized spacial score (nSPS) is 19.6. The molecule has 0 atom stereocenters. The minimum Gasteiger partial charge on any atom is -0.478 e. The molecule has 4 heteroatoms. The van der Waals surface area contributed by atoms with Crippen molar-refractivity contribution >= 4 is 11.9 Å². The molecule has 1 aliphatic heterocycles. The molecular weight excluding hydrogens is 136 g/mol. The van der Waals surface area contributed by atoms with Gasteiger partial charge in [-0.3, -0.25) is 0 Å². The minimum absolute atomic E-state index is 0.0671. The smallest absolute Gasteiger partial charge is 0.336 e. The first-order valence-electron chi connectivity index (χ1n) is 2.53. The van der Waals surface area contributed by atoms with E-state index in [1.165, 1.54) is 6.08 Å². The van der Waals surface area contributed by atoms with Crippen molar-refractivity contribution in [1.29, 1.82) is 0 Å². The van der Waals surface area contributed by atoms with Crippen molar-refractivity contribution in [1.82, 2.24) is 0 Å². The van der Waals surface area contributed by atoms with E-state index in [4.69, 9.17) is 5.11 Å². The third kappa shape index (κ3) is 1.45. The SMILES string of the molecule is O=C(O)/C=C1\C=CC(=O)O1. The molecule has 0 aromatic rings. The van der Waals surface area contributed by atoms with Gasteiger partial charge in [0.15, 0.2) is 0 Å². The second-order valence-electron chi connectivity index (χ2n) is 1.64. The predicted molar refractivity (Wildman–Crippen MR) is 31.0 cm³/mol. The Bertz CT molecular complexity index is 236. The van der Waals surface area contributed by atoms with Crippen LogP contribution < -0.4 is 0 Å². The number of aliphatic carboxylic acids is 1. The van der Waals surface area contributed by atoms with Gasteiger partial charge in [-0.2, -0.15) is 0 Å². The van der Waals surface area contributed by atoms with E-state index >= 15 is 0 Å². The maximum absolute atomic E-state index is 10.3. The zero-order chi connectivity index (χ0) is 7.56. The second-order valence-corrected chi connectivity index (χ2v) is 1.64. The topological polar surface area (TPSA) is 63.6 Å². The lowest BCUT2D eigenvalue weighted by atomic mass is 10.4. The highest BCUT2D eigenvalue weighted by Gasteiger charge is 2.09. The van der Waals surface area contributed by atoms with Crippen molar-refractivity contribution in [3.05, 3.63) is 24.0 Å². The molecule has 10 heavy (non-hydrogen) atoms.